The number of rotatable bonds is 1. The first kappa shape index (κ1) is 13.9. The lowest BCUT2D eigenvalue weighted by atomic mass is 9.87. The third-order valence-electron chi connectivity index (χ3n) is 4.08. The Balaban J connectivity index is 1.84. The Morgan fingerprint density at radius 3 is 2.43 bits per heavy atom. The maximum atomic E-state index is 4.67. The summed E-state index contributed by atoms with van der Waals surface area (Å²) < 4.78 is 3.44. The summed E-state index contributed by atoms with van der Waals surface area (Å²) in [6.45, 7) is 6.61. The van der Waals surface area contributed by atoms with Crippen molar-refractivity contribution in [1.82, 2.24) is 29.4 Å². The van der Waals surface area contributed by atoms with E-state index in [4.69, 9.17) is 0 Å². The van der Waals surface area contributed by atoms with Crippen LogP contribution in [0.15, 0.2) is 36.8 Å². The highest BCUT2D eigenvalue weighted by Gasteiger charge is 2.15. The lowest BCUT2D eigenvalue weighted by Crippen LogP contribution is -2.10. The van der Waals surface area contributed by atoms with Gasteiger partial charge >= 0.3 is 0 Å². The fourth-order valence-electron chi connectivity index (χ4n) is 2.68. The molecule has 0 aliphatic heterocycles. The number of hydrogen-bond donors (Lipinski definition) is 0. The van der Waals surface area contributed by atoms with Crippen molar-refractivity contribution < 1.29 is 0 Å². The van der Waals surface area contributed by atoms with Crippen molar-refractivity contribution in [2.75, 3.05) is 0 Å². The van der Waals surface area contributed by atoms with E-state index in [1.807, 2.05) is 7.05 Å². The Labute approximate surface area is 133 Å². The fourth-order valence-corrected chi connectivity index (χ4v) is 2.68. The van der Waals surface area contributed by atoms with Crippen LogP contribution in [0.4, 0.5) is 0 Å². The summed E-state index contributed by atoms with van der Waals surface area (Å²) in [6, 6.07) is 8.42. The Bertz CT molecular complexity index is 1000. The van der Waals surface area contributed by atoms with Gasteiger partial charge in [-0.05, 0) is 11.0 Å². The number of benzene rings is 1. The van der Waals surface area contributed by atoms with Gasteiger partial charge in [-0.3, -0.25) is 4.68 Å². The molecule has 0 atom stereocenters. The first-order valence-corrected chi connectivity index (χ1v) is 7.57. The second-order valence-electron chi connectivity index (χ2n) is 6.78. The van der Waals surface area contributed by atoms with E-state index in [1.165, 1.54) is 5.56 Å². The maximum Gasteiger partial charge on any atom is 0.182 e. The molecule has 4 aromatic rings. The first-order chi connectivity index (χ1) is 10.9. The molecule has 23 heavy (non-hydrogen) atoms. The highest BCUT2D eigenvalue weighted by molar-refractivity contribution is 5.88. The number of fused-ring (bicyclic) bond motifs is 3. The molecule has 0 aliphatic rings. The second-order valence-corrected chi connectivity index (χ2v) is 6.78. The highest BCUT2D eigenvalue weighted by Crippen LogP contribution is 2.25. The SMILES string of the molecule is Cn1ncc2c1ncn1nc(-c3ccc(C(C)(C)C)cc3)nc21. The minimum absolute atomic E-state index is 0.136. The lowest BCUT2D eigenvalue weighted by Gasteiger charge is -2.18. The monoisotopic (exact) mass is 306 g/mol. The van der Waals surface area contributed by atoms with E-state index in [2.05, 4.69) is 65.2 Å². The van der Waals surface area contributed by atoms with E-state index in [0.29, 0.717) is 5.82 Å². The zero-order valence-electron chi connectivity index (χ0n) is 13.6. The van der Waals surface area contributed by atoms with Crippen LogP contribution in [0.5, 0.6) is 0 Å². The van der Waals surface area contributed by atoms with Gasteiger partial charge in [0.2, 0.25) is 0 Å². The van der Waals surface area contributed by atoms with E-state index in [1.54, 1.807) is 21.7 Å². The quantitative estimate of drug-likeness (QED) is 0.542. The van der Waals surface area contributed by atoms with Gasteiger partial charge in [-0.25, -0.2) is 14.5 Å². The molecule has 0 fully saturated rings. The average molecular weight is 306 g/mol. The predicted molar refractivity (Wildman–Crippen MR) is 89.2 cm³/mol. The van der Waals surface area contributed by atoms with Crippen molar-refractivity contribution in [1.29, 1.82) is 0 Å². The van der Waals surface area contributed by atoms with Gasteiger partial charge in [-0.15, -0.1) is 5.10 Å². The molecule has 0 saturated carbocycles. The van der Waals surface area contributed by atoms with Crippen molar-refractivity contribution in [2.45, 2.75) is 26.2 Å². The molecule has 0 N–H and O–H groups in total. The smallest absolute Gasteiger partial charge is 0.182 e. The van der Waals surface area contributed by atoms with Crippen LogP contribution in [0, 0.1) is 0 Å². The van der Waals surface area contributed by atoms with Gasteiger partial charge < -0.3 is 0 Å². The summed E-state index contributed by atoms with van der Waals surface area (Å²) >= 11 is 0. The zero-order chi connectivity index (χ0) is 16.2. The molecule has 1 aromatic carbocycles. The van der Waals surface area contributed by atoms with Gasteiger partial charge in [-0.1, -0.05) is 45.0 Å². The highest BCUT2D eigenvalue weighted by atomic mass is 15.3. The number of aryl methyl sites for hydroxylation is 1. The van der Waals surface area contributed by atoms with Gasteiger partial charge in [0.15, 0.2) is 17.1 Å². The molecule has 0 radical (unpaired) electrons. The molecular formula is C17H18N6. The van der Waals surface area contributed by atoms with Crippen LogP contribution < -0.4 is 0 Å². The van der Waals surface area contributed by atoms with Crippen LogP contribution >= 0.6 is 0 Å². The third kappa shape index (κ3) is 2.18. The standard InChI is InChI=1S/C17H18N6/c1-17(2,3)12-7-5-11(6-8-12)14-20-16-13-9-19-22(4)15(13)18-10-23(16)21-14/h5-10H,1-4H3. The van der Waals surface area contributed by atoms with Gasteiger partial charge in [0.1, 0.15) is 6.33 Å². The number of hydrogen-bond acceptors (Lipinski definition) is 4. The summed E-state index contributed by atoms with van der Waals surface area (Å²) in [4.78, 5) is 9.06. The molecule has 3 aromatic heterocycles. The Morgan fingerprint density at radius 2 is 1.74 bits per heavy atom. The summed E-state index contributed by atoms with van der Waals surface area (Å²) in [5, 5.41) is 9.68. The van der Waals surface area contributed by atoms with Crippen molar-refractivity contribution in [3.63, 3.8) is 0 Å². The maximum absolute atomic E-state index is 4.67. The van der Waals surface area contributed by atoms with Crippen LogP contribution in [0.1, 0.15) is 26.3 Å². The van der Waals surface area contributed by atoms with E-state index < -0.39 is 0 Å². The first-order valence-electron chi connectivity index (χ1n) is 7.57. The molecule has 0 saturated heterocycles. The Kier molecular flexibility index (Phi) is 2.78. The molecule has 116 valence electrons. The number of nitrogens with zero attached hydrogens (tertiary/aromatic N) is 6. The van der Waals surface area contributed by atoms with E-state index in [0.717, 1.165) is 22.2 Å². The summed E-state index contributed by atoms with van der Waals surface area (Å²) in [5.74, 6) is 0.698. The molecule has 6 heteroatoms. The molecule has 0 aliphatic carbocycles. The van der Waals surface area contributed by atoms with Crippen molar-refractivity contribution >= 4 is 16.7 Å². The fraction of sp³-hybridized carbons (Fsp3) is 0.294. The van der Waals surface area contributed by atoms with Gasteiger partial charge in [-0.2, -0.15) is 5.10 Å². The van der Waals surface area contributed by atoms with E-state index >= 15 is 0 Å². The average Bonchev–Trinajstić information content (AvgIpc) is 3.10. The molecule has 0 spiro atoms. The van der Waals surface area contributed by atoms with E-state index in [9.17, 15) is 0 Å². The Hall–Kier alpha value is -2.76. The van der Waals surface area contributed by atoms with Crippen molar-refractivity contribution in [2.24, 2.45) is 7.05 Å². The minimum atomic E-state index is 0.136. The molecule has 3 heterocycles. The third-order valence-corrected chi connectivity index (χ3v) is 4.08. The normalized spacial score (nSPS) is 12.3. The topological polar surface area (TPSA) is 60.9 Å². The van der Waals surface area contributed by atoms with Crippen LogP contribution in [-0.2, 0) is 12.5 Å². The minimum Gasteiger partial charge on any atom is -0.250 e. The summed E-state index contributed by atoms with van der Waals surface area (Å²) in [5.41, 5.74) is 4.01. The Morgan fingerprint density at radius 1 is 1.00 bits per heavy atom. The van der Waals surface area contributed by atoms with Crippen LogP contribution in [0.2, 0.25) is 0 Å². The summed E-state index contributed by atoms with van der Waals surface area (Å²) in [7, 11) is 1.87. The van der Waals surface area contributed by atoms with Crippen molar-refractivity contribution in [3.05, 3.63) is 42.4 Å². The van der Waals surface area contributed by atoms with E-state index in [-0.39, 0.29) is 5.41 Å². The predicted octanol–water partition coefficient (Wildman–Crippen LogP) is 2.98. The zero-order valence-corrected chi connectivity index (χ0v) is 13.6. The molecule has 0 bridgehead atoms. The van der Waals surface area contributed by atoms with Gasteiger partial charge in [0.25, 0.3) is 0 Å². The summed E-state index contributed by atoms with van der Waals surface area (Å²) in [6.07, 6.45) is 3.46. The lowest BCUT2D eigenvalue weighted by molar-refractivity contribution is 0.590. The van der Waals surface area contributed by atoms with Crippen LogP contribution in [0.3, 0.4) is 0 Å². The largest absolute Gasteiger partial charge is 0.250 e. The molecule has 0 unspecified atom stereocenters. The molecule has 4 rings (SSSR count). The van der Waals surface area contributed by atoms with Gasteiger partial charge in [0.05, 0.1) is 11.6 Å². The molecule has 0 amide bonds. The molecular weight excluding hydrogens is 288 g/mol. The second kappa shape index (κ2) is 4.62. The van der Waals surface area contributed by atoms with Crippen LogP contribution in [-0.4, -0.2) is 29.4 Å². The molecule has 6 nitrogen and oxygen atoms in total. The van der Waals surface area contributed by atoms with Gasteiger partial charge in [0, 0.05) is 12.6 Å². The number of aromatic nitrogens is 6. The van der Waals surface area contributed by atoms with Crippen molar-refractivity contribution in [3.8, 4) is 11.4 Å². The van der Waals surface area contributed by atoms with Crippen LogP contribution in [0.25, 0.3) is 28.1 Å².